The fourth-order valence-corrected chi connectivity index (χ4v) is 1.74. The van der Waals surface area contributed by atoms with Gasteiger partial charge in [0.25, 0.3) is 5.91 Å². The second kappa shape index (κ2) is 7.18. The van der Waals surface area contributed by atoms with Crippen LogP contribution in [0.2, 0.25) is 0 Å². The van der Waals surface area contributed by atoms with Crippen LogP contribution in [-0.2, 0) is 0 Å². The summed E-state index contributed by atoms with van der Waals surface area (Å²) in [5.41, 5.74) is 1.53. The summed E-state index contributed by atoms with van der Waals surface area (Å²) >= 11 is 0. The lowest BCUT2D eigenvalue weighted by molar-refractivity contribution is 0.0934. The van der Waals surface area contributed by atoms with E-state index >= 15 is 0 Å². The number of nitrogens with one attached hydrogen (secondary N) is 2. The van der Waals surface area contributed by atoms with E-state index in [0.717, 1.165) is 6.42 Å². The molecule has 2 N–H and O–H groups in total. The van der Waals surface area contributed by atoms with Crippen LogP contribution in [-0.4, -0.2) is 21.9 Å². The molecule has 0 spiro atoms. The van der Waals surface area contributed by atoms with E-state index in [0.29, 0.717) is 22.9 Å². The van der Waals surface area contributed by atoms with Crippen molar-refractivity contribution in [2.24, 2.45) is 0 Å². The second-order valence-electron chi connectivity index (χ2n) is 4.87. The summed E-state index contributed by atoms with van der Waals surface area (Å²) in [7, 11) is 0. The van der Waals surface area contributed by atoms with Gasteiger partial charge in [0.1, 0.15) is 5.69 Å². The van der Waals surface area contributed by atoms with E-state index in [1.807, 2.05) is 13.8 Å². The molecule has 0 saturated heterocycles. The first-order chi connectivity index (χ1) is 10.6. The quantitative estimate of drug-likeness (QED) is 0.884. The number of nitriles is 1. The number of carbonyl (C=O) groups is 1. The first-order valence-electron chi connectivity index (χ1n) is 7.03. The molecule has 6 nitrogen and oxygen atoms in total. The fourth-order valence-electron chi connectivity index (χ4n) is 1.74. The molecule has 1 heterocycles. The molecule has 0 fully saturated rings. The number of amides is 1. The van der Waals surface area contributed by atoms with Crippen molar-refractivity contribution < 1.29 is 4.79 Å². The van der Waals surface area contributed by atoms with Crippen molar-refractivity contribution in [3.8, 4) is 6.07 Å². The van der Waals surface area contributed by atoms with E-state index in [-0.39, 0.29) is 11.9 Å². The van der Waals surface area contributed by atoms with Crippen molar-refractivity contribution in [1.29, 1.82) is 5.26 Å². The summed E-state index contributed by atoms with van der Waals surface area (Å²) in [6.07, 6.45) is 2.37. The van der Waals surface area contributed by atoms with Crippen molar-refractivity contribution in [2.45, 2.75) is 26.3 Å². The molecule has 1 amide bonds. The van der Waals surface area contributed by atoms with E-state index in [4.69, 9.17) is 5.26 Å². The molecule has 0 saturated carbocycles. The Morgan fingerprint density at radius 3 is 2.95 bits per heavy atom. The van der Waals surface area contributed by atoms with Crippen LogP contribution in [0.25, 0.3) is 0 Å². The number of benzene rings is 1. The minimum Gasteiger partial charge on any atom is -0.348 e. The Hall–Kier alpha value is -2.94. The van der Waals surface area contributed by atoms with E-state index in [1.165, 1.54) is 6.20 Å². The van der Waals surface area contributed by atoms with Gasteiger partial charge in [-0.05, 0) is 37.6 Å². The smallest absolute Gasteiger partial charge is 0.270 e. The minimum absolute atomic E-state index is 0.0891. The highest BCUT2D eigenvalue weighted by molar-refractivity contribution is 5.92. The van der Waals surface area contributed by atoms with E-state index < -0.39 is 0 Å². The number of aromatic nitrogens is 2. The standard InChI is InChI=1S/C16H17N5O/c1-3-11(2)19-15(22)14-7-8-18-16(21-14)20-13-6-4-5-12(9-13)10-17/h4-9,11H,3H2,1-2H3,(H,19,22)(H,18,20,21). The molecular formula is C16H17N5O. The van der Waals surface area contributed by atoms with Crippen LogP contribution in [0.5, 0.6) is 0 Å². The van der Waals surface area contributed by atoms with E-state index in [2.05, 4.69) is 26.7 Å². The van der Waals surface area contributed by atoms with Crippen LogP contribution in [0.4, 0.5) is 11.6 Å². The van der Waals surface area contributed by atoms with Gasteiger partial charge in [-0.3, -0.25) is 4.79 Å². The van der Waals surface area contributed by atoms with Crippen molar-refractivity contribution in [3.05, 3.63) is 47.8 Å². The Morgan fingerprint density at radius 1 is 1.41 bits per heavy atom. The van der Waals surface area contributed by atoms with E-state index in [9.17, 15) is 4.79 Å². The van der Waals surface area contributed by atoms with Gasteiger partial charge in [0.2, 0.25) is 5.95 Å². The van der Waals surface area contributed by atoms with Gasteiger partial charge in [0, 0.05) is 17.9 Å². The number of carbonyl (C=O) groups excluding carboxylic acids is 1. The zero-order chi connectivity index (χ0) is 15.9. The van der Waals surface area contributed by atoms with Crippen LogP contribution in [0, 0.1) is 11.3 Å². The van der Waals surface area contributed by atoms with Crippen LogP contribution in [0.3, 0.4) is 0 Å². The summed E-state index contributed by atoms with van der Waals surface area (Å²) in [6.45, 7) is 3.94. The molecule has 1 atom stereocenters. The first-order valence-corrected chi connectivity index (χ1v) is 7.03. The normalized spacial score (nSPS) is 11.3. The zero-order valence-corrected chi connectivity index (χ0v) is 12.5. The minimum atomic E-state index is -0.231. The first kappa shape index (κ1) is 15.4. The lowest BCUT2D eigenvalue weighted by atomic mass is 10.2. The molecule has 0 aliphatic carbocycles. The number of hydrogen-bond donors (Lipinski definition) is 2. The van der Waals surface area contributed by atoms with Crippen LogP contribution in [0.15, 0.2) is 36.5 Å². The Kier molecular flexibility index (Phi) is 5.04. The Morgan fingerprint density at radius 2 is 2.23 bits per heavy atom. The molecule has 6 heteroatoms. The second-order valence-corrected chi connectivity index (χ2v) is 4.87. The Bertz CT molecular complexity index is 708. The van der Waals surface area contributed by atoms with Gasteiger partial charge in [-0.15, -0.1) is 0 Å². The van der Waals surface area contributed by atoms with Crippen molar-refractivity contribution in [1.82, 2.24) is 15.3 Å². The van der Waals surface area contributed by atoms with Crippen LogP contribution in [0.1, 0.15) is 36.3 Å². The van der Waals surface area contributed by atoms with Crippen molar-refractivity contribution in [3.63, 3.8) is 0 Å². The monoisotopic (exact) mass is 295 g/mol. The number of nitrogens with zero attached hydrogens (tertiary/aromatic N) is 3. The molecule has 1 aromatic heterocycles. The summed E-state index contributed by atoms with van der Waals surface area (Å²) < 4.78 is 0. The number of anilines is 2. The predicted octanol–water partition coefficient (Wildman–Crippen LogP) is 2.62. The maximum Gasteiger partial charge on any atom is 0.270 e. The van der Waals surface area contributed by atoms with Crippen molar-refractivity contribution >= 4 is 17.5 Å². The molecule has 0 bridgehead atoms. The molecule has 0 aliphatic rings. The van der Waals surface area contributed by atoms with Gasteiger partial charge in [0.05, 0.1) is 11.6 Å². The number of hydrogen-bond acceptors (Lipinski definition) is 5. The number of rotatable bonds is 5. The van der Waals surface area contributed by atoms with Crippen molar-refractivity contribution in [2.75, 3.05) is 5.32 Å². The summed E-state index contributed by atoms with van der Waals surface area (Å²) in [5.74, 6) is 0.0810. The highest BCUT2D eigenvalue weighted by Gasteiger charge is 2.11. The predicted molar refractivity (Wildman–Crippen MR) is 83.7 cm³/mol. The zero-order valence-electron chi connectivity index (χ0n) is 12.5. The van der Waals surface area contributed by atoms with Gasteiger partial charge in [-0.1, -0.05) is 13.0 Å². The van der Waals surface area contributed by atoms with Gasteiger partial charge in [0.15, 0.2) is 0 Å². The highest BCUT2D eigenvalue weighted by Crippen LogP contribution is 2.14. The third-order valence-electron chi connectivity index (χ3n) is 3.13. The SMILES string of the molecule is CCC(C)NC(=O)c1ccnc(Nc2cccc(C#N)c2)n1. The molecular weight excluding hydrogens is 278 g/mol. The van der Waals surface area contributed by atoms with E-state index in [1.54, 1.807) is 30.3 Å². The average Bonchev–Trinajstić information content (AvgIpc) is 2.55. The van der Waals surface area contributed by atoms with Gasteiger partial charge < -0.3 is 10.6 Å². The summed E-state index contributed by atoms with van der Waals surface area (Å²) in [6, 6.07) is 10.7. The average molecular weight is 295 g/mol. The molecule has 22 heavy (non-hydrogen) atoms. The maximum absolute atomic E-state index is 12.0. The lowest BCUT2D eigenvalue weighted by Crippen LogP contribution is -2.32. The largest absolute Gasteiger partial charge is 0.348 e. The molecule has 0 aliphatic heterocycles. The molecule has 1 unspecified atom stereocenters. The summed E-state index contributed by atoms with van der Waals surface area (Å²) in [4.78, 5) is 20.3. The summed E-state index contributed by atoms with van der Waals surface area (Å²) in [5, 5.41) is 14.7. The Labute approximate surface area is 129 Å². The van der Waals surface area contributed by atoms with Gasteiger partial charge in [-0.2, -0.15) is 5.26 Å². The topological polar surface area (TPSA) is 90.7 Å². The molecule has 0 radical (unpaired) electrons. The fraction of sp³-hybridized carbons (Fsp3) is 0.250. The maximum atomic E-state index is 12.0. The lowest BCUT2D eigenvalue weighted by Gasteiger charge is -2.11. The Balaban J connectivity index is 2.14. The van der Waals surface area contributed by atoms with Crippen LogP contribution < -0.4 is 10.6 Å². The third kappa shape index (κ3) is 4.03. The third-order valence-corrected chi connectivity index (χ3v) is 3.13. The highest BCUT2D eigenvalue weighted by atomic mass is 16.1. The molecule has 2 aromatic rings. The van der Waals surface area contributed by atoms with Crippen LogP contribution >= 0.6 is 0 Å². The van der Waals surface area contributed by atoms with Gasteiger partial charge in [-0.25, -0.2) is 9.97 Å². The molecule has 2 rings (SSSR count). The molecule has 1 aromatic carbocycles. The van der Waals surface area contributed by atoms with Gasteiger partial charge >= 0.3 is 0 Å². The molecule has 112 valence electrons.